The van der Waals surface area contributed by atoms with Crippen LogP contribution >= 0.6 is 0 Å². The second kappa shape index (κ2) is 7.20. The first-order chi connectivity index (χ1) is 9.99. The van der Waals surface area contributed by atoms with Gasteiger partial charge >= 0.3 is 5.97 Å². The molecule has 1 aromatic heterocycles. The van der Waals surface area contributed by atoms with Gasteiger partial charge in [-0.2, -0.15) is 5.26 Å². The van der Waals surface area contributed by atoms with Crippen molar-refractivity contribution in [1.29, 1.82) is 5.26 Å². The Bertz CT molecular complexity index is 668. The number of carbonyl (C=O) groups is 2. The van der Waals surface area contributed by atoms with Gasteiger partial charge in [0.25, 0.3) is 5.91 Å². The van der Waals surface area contributed by atoms with Crippen LogP contribution < -0.4 is 11.1 Å². The lowest BCUT2D eigenvalue weighted by Gasteiger charge is -2.06. The number of carbonyl (C=O) groups excluding carboxylic acids is 1. The Morgan fingerprint density at radius 3 is 2.71 bits per heavy atom. The summed E-state index contributed by atoms with van der Waals surface area (Å²) in [5.74, 6) is -2.05. The summed E-state index contributed by atoms with van der Waals surface area (Å²) in [6.07, 6.45) is 3.37. The van der Waals surface area contributed by atoms with Crippen LogP contribution in [-0.4, -0.2) is 27.7 Å². The number of amides is 1. The molecule has 8 nitrogen and oxygen atoms in total. The number of anilines is 1. The molecule has 0 fully saturated rings. The van der Waals surface area contributed by atoms with Crippen LogP contribution in [-0.2, 0) is 9.59 Å². The largest absolute Gasteiger partial charge is 0.478 e. The second-order valence-electron chi connectivity index (χ2n) is 3.60. The first-order valence-electron chi connectivity index (χ1n) is 5.54. The van der Waals surface area contributed by atoms with Gasteiger partial charge in [-0.1, -0.05) is 6.58 Å². The van der Waals surface area contributed by atoms with Crippen LogP contribution in [0.4, 0.5) is 5.82 Å². The van der Waals surface area contributed by atoms with Gasteiger partial charge in [-0.05, 0) is 12.1 Å². The SMILES string of the molecule is C=C(C(=O)O)C(=N/C=C\N)C(=O)Nc1ccc(C#N)cn1. The molecule has 21 heavy (non-hydrogen) atoms. The van der Waals surface area contributed by atoms with Gasteiger partial charge in [0.15, 0.2) is 0 Å². The maximum atomic E-state index is 12.0. The van der Waals surface area contributed by atoms with Crippen molar-refractivity contribution < 1.29 is 14.7 Å². The number of rotatable bonds is 5. The van der Waals surface area contributed by atoms with Crippen molar-refractivity contribution in [2.24, 2.45) is 10.7 Å². The van der Waals surface area contributed by atoms with E-state index in [0.29, 0.717) is 5.56 Å². The van der Waals surface area contributed by atoms with E-state index in [2.05, 4.69) is 21.9 Å². The first-order valence-corrected chi connectivity index (χ1v) is 5.54. The van der Waals surface area contributed by atoms with E-state index in [0.717, 1.165) is 12.4 Å². The van der Waals surface area contributed by atoms with E-state index < -0.39 is 23.2 Å². The molecule has 1 amide bonds. The Balaban J connectivity index is 2.98. The molecule has 0 saturated carbocycles. The Labute approximate surface area is 119 Å². The molecule has 8 heteroatoms. The zero-order valence-corrected chi connectivity index (χ0v) is 10.8. The molecule has 106 valence electrons. The third-order valence-corrected chi connectivity index (χ3v) is 2.18. The highest BCUT2D eigenvalue weighted by atomic mass is 16.4. The number of carboxylic acid groups (broad SMARTS) is 1. The Hall–Kier alpha value is -3.47. The molecule has 0 aliphatic carbocycles. The summed E-state index contributed by atoms with van der Waals surface area (Å²) in [6.45, 7) is 3.27. The van der Waals surface area contributed by atoms with E-state index >= 15 is 0 Å². The molecule has 0 aliphatic heterocycles. The normalized spacial score (nSPS) is 10.9. The van der Waals surface area contributed by atoms with E-state index in [4.69, 9.17) is 16.1 Å². The predicted molar refractivity (Wildman–Crippen MR) is 75.1 cm³/mol. The van der Waals surface area contributed by atoms with Crippen LogP contribution in [0, 0.1) is 11.3 Å². The smallest absolute Gasteiger partial charge is 0.337 e. The number of aliphatic carboxylic acids is 1. The Morgan fingerprint density at radius 1 is 1.52 bits per heavy atom. The minimum atomic E-state index is -1.39. The molecule has 0 unspecified atom stereocenters. The van der Waals surface area contributed by atoms with Gasteiger partial charge in [0, 0.05) is 18.6 Å². The van der Waals surface area contributed by atoms with Crippen LogP contribution in [0.2, 0.25) is 0 Å². The number of hydrogen-bond acceptors (Lipinski definition) is 6. The van der Waals surface area contributed by atoms with Crippen molar-refractivity contribution in [3.8, 4) is 6.07 Å². The van der Waals surface area contributed by atoms with Crippen molar-refractivity contribution >= 4 is 23.4 Å². The predicted octanol–water partition coefficient (Wildman–Crippen LogP) is 0.403. The molecule has 0 bridgehead atoms. The summed E-state index contributed by atoms with van der Waals surface area (Å²) < 4.78 is 0. The van der Waals surface area contributed by atoms with Crippen molar-refractivity contribution in [2.75, 3.05) is 5.32 Å². The van der Waals surface area contributed by atoms with Gasteiger partial charge in [0.2, 0.25) is 0 Å². The number of pyridine rings is 1. The summed E-state index contributed by atoms with van der Waals surface area (Å²) in [7, 11) is 0. The van der Waals surface area contributed by atoms with Crippen molar-refractivity contribution in [1.82, 2.24) is 4.98 Å². The molecule has 0 saturated heterocycles. The highest BCUT2D eigenvalue weighted by Crippen LogP contribution is 2.06. The second-order valence-corrected chi connectivity index (χ2v) is 3.60. The maximum Gasteiger partial charge on any atom is 0.337 e. The topological polar surface area (TPSA) is 141 Å². The number of nitrogens with two attached hydrogens (primary N) is 1. The molecule has 1 heterocycles. The van der Waals surface area contributed by atoms with Gasteiger partial charge in [0.05, 0.1) is 11.1 Å². The summed E-state index contributed by atoms with van der Waals surface area (Å²) >= 11 is 0. The summed E-state index contributed by atoms with van der Waals surface area (Å²) in [5.41, 5.74) is 4.53. The molecule has 0 spiro atoms. The van der Waals surface area contributed by atoms with Crippen LogP contribution in [0.25, 0.3) is 0 Å². The number of aromatic nitrogens is 1. The molecular formula is C13H11N5O3. The van der Waals surface area contributed by atoms with E-state index in [9.17, 15) is 9.59 Å². The molecule has 0 atom stereocenters. The van der Waals surface area contributed by atoms with Crippen LogP contribution in [0.15, 0.2) is 47.9 Å². The molecule has 4 N–H and O–H groups in total. The van der Waals surface area contributed by atoms with Gasteiger partial charge in [-0.15, -0.1) is 0 Å². The average Bonchev–Trinajstić information content (AvgIpc) is 2.48. The molecular weight excluding hydrogens is 274 g/mol. The van der Waals surface area contributed by atoms with E-state index in [1.54, 1.807) is 0 Å². The Kier molecular flexibility index (Phi) is 5.34. The zero-order valence-electron chi connectivity index (χ0n) is 10.8. The number of carboxylic acids is 1. The quantitative estimate of drug-likeness (QED) is 0.528. The van der Waals surface area contributed by atoms with Crippen molar-refractivity contribution in [3.63, 3.8) is 0 Å². The maximum absolute atomic E-state index is 12.0. The Morgan fingerprint density at radius 2 is 2.24 bits per heavy atom. The third kappa shape index (κ3) is 4.29. The molecule has 1 rings (SSSR count). The van der Waals surface area contributed by atoms with Gasteiger partial charge in [-0.3, -0.25) is 4.79 Å². The van der Waals surface area contributed by atoms with Gasteiger partial charge in [-0.25, -0.2) is 14.8 Å². The van der Waals surface area contributed by atoms with Gasteiger partial charge < -0.3 is 16.2 Å². The number of nitrogens with zero attached hydrogens (tertiary/aromatic N) is 3. The molecule has 0 aliphatic rings. The summed E-state index contributed by atoms with van der Waals surface area (Å²) in [5, 5.41) is 19.9. The number of nitrogens with one attached hydrogen (secondary N) is 1. The lowest BCUT2D eigenvalue weighted by Crippen LogP contribution is -2.27. The minimum absolute atomic E-state index is 0.140. The summed E-state index contributed by atoms with van der Waals surface area (Å²) in [4.78, 5) is 30.3. The minimum Gasteiger partial charge on any atom is -0.478 e. The highest BCUT2D eigenvalue weighted by Gasteiger charge is 2.20. The molecule has 0 radical (unpaired) electrons. The van der Waals surface area contributed by atoms with Crippen LogP contribution in [0.1, 0.15) is 5.56 Å². The number of nitriles is 1. The molecule has 1 aromatic rings. The highest BCUT2D eigenvalue weighted by molar-refractivity contribution is 6.53. The van der Waals surface area contributed by atoms with Gasteiger partial charge in [0.1, 0.15) is 17.6 Å². The first kappa shape index (κ1) is 15.6. The lowest BCUT2D eigenvalue weighted by atomic mass is 10.1. The zero-order chi connectivity index (χ0) is 15.8. The molecule has 0 aromatic carbocycles. The number of hydrogen-bond donors (Lipinski definition) is 3. The third-order valence-electron chi connectivity index (χ3n) is 2.18. The fourth-order valence-electron chi connectivity index (χ4n) is 1.20. The summed E-state index contributed by atoms with van der Waals surface area (Å²) in [6, 6.07) is 4.73. The standard InChI is InChI=1S/C13H11N5O3/c1-8(13(20)21)11(16-5-4-14)12(19)18-10-3-2-9(6-15)7-17-10/h2-5,7H,1,14H2,(H,20,21)(H,17,18,19)/b5-4-,16-11?. The fourth-order valence-corrected chi connectivity index (χ4v) is 1.20. The monoisotopic (exact) mass is 285 g/mol. The van der Waals surface area contributed by atoms with Crippen molar-refractivity contribution in [3.05, 3.63) is 48.4 Å². The van der Waals surface area contributed by atoms with E-state index in [-0.39, 0.29) is 5.82 Å². The average molecular weight is 285 g/mol. The van der Waals surface area contributed by atoms with E-state index in [1.807, 2.05) is 6.07 Å². The number of aliphatic imine (C=N–C) groups is 1. The van der Waals surface area contributed by atoms with Crippen LogP contribution in [0.3, 0.4) is 0 Å². The fraction of sp³-hybridized carbons (Fsp3) is 0. The van der Waals surface area contributed by atoms with Crippen molar-refractivity contribution in [2.45, 2.75) is 0 Å². The van der Waals surface area contributed by atoms with Crippen LogP contribution in [0.5, 0.6) is 0 Å². The lowest BCUT2D eigenvalue weighted by molar-refractivity contribution is -0.132. The van der Waals surface area contributed by atoms with E-state index in [1.165, 1.54) is 18.3 Å².